The Morgan fingerprint density at radius 3 is 1.48 bits per heavy atom. The van der Waals surface area contributed by atoms with Crippen LogP contribution >= 0.6 is 0 Å². The predicted molar refractivity (Wildman–Crippen MR) is 126 cm³/mol. The van der Waals surface area contributed by atoms with Gasteiger partial charge >= 0.3 is 0 Å². The molecule has 7 rings (SSSR count). The molecular formula is C28H13N3. The SMILES string of the molecule is N#Cc1c2ccccc2cc2c1c1cccc3c4c(C#N)c5ccccc5cc4n2c13. The Bertz CT molecular complexity index is 1820. The number of aromatic nitrogens is 1. The van der Waals surface area contributed by atoms with Crippen LogP contribution in [-0.4, -0.2) is 4.40 Å². The monoisotopic (exact) mass is 391 g/mol. The molecule has 3 nitrogen and oxygen atoms in total. The van der Waals surface area contributed by atoms with Crippen LogP contribution in [0.3, 0.4) is 0 Å². The van der Waals surface area contributed by atoms with Crippen molar-refractivity contribution in [1.82, 2.24) is 4.40 Å². The maximum Gasteiger partial charge on any atom is 0.101 e. The molecule has 140 valence electrons. The summed E-state index contributed by atoms with van der Waals surface area (Å²) in [6, 6.07) is 31.6. The Labute approximate surface area is 176 Å². The van der Waals surface area contributed by atoms with Crippen LogP contribution in [0.1, 0.15) is 11.1 Å². The lowest BCUT2D eigenvalue weighted by molar-refractivity contribution is 1.37. The van der Waals surface area contributed by atoms with E-state index < -0.39 is 0 Å². The third-order valence-electron chi connectivity index (χ3n) is 6.56. The lowest BCUT2D eigenvalue weighted by Gasteiger charge is -2.06. The number of fused-ring (bicyclic) bond motifs is 8. The molecule has 0 bridgehead atoms. The highest BCUT2D eigenvalue weighted by Gasteiger charge is 2.23. The molecule has 0 fully saturated rings. The highest BCUT2D eigenvalue weighted by atomic mass is 14.9. The van der Waals surface area contributed by atoms with E-state index in [4.69, 9.17) is 0 Å². The molecule has 0 atom stereocenters. The molecule has 0 spiro atoms. The van der Waals surface area contributed by atoms with E-state index in [0.717, 1.165) is 59.6 Å². The molecule has 7 aromatic rings. The summed E-state index contributed by atoms with van der Waals surface area (Å²) in [6.07, 6.45) is 0. The fourth-order valence-electron chi connectivity index (χ4n) is 5.35. The second kappa shape index (κ2) is 5.51. The fraction of sp³-hybridized carbons (Fsp3) is 0. The van der Waals surface area contributed by atoms with Gasteiger partial charge in [0.2, 0.25) is 0 Å². The summed E-state index contributed by atoms with van der Waals surface area (Å²) in [5, 5.41) is 28.3. The van der Waals surface area contributed by atoms with E-state index in [1.54, 1.807) is 0 Å². The molecule has 0 unspecified atom stereocenters. The number of para-hydroxylation sites is 1. The molecule has 0 N–H and O–H groups in total. The van der Waals surface area contributed by atoms with E-state index >= 15 is 0 Å². The number of hydrogen-bond donors (Lipinski definition) is 0. The zero-order valence-corrected chi connectivity index (χ0v) is 16.3. The third kappa shape index (κ3) is 1.82. The predicted octanol–water partition coefficient (Wildman–Crippen LogP) is 6.89. The first kappa shape index (κ1) is 16.2. The molecule has 5 aromatic carbocycles. The first-order chi connectivity index (χ1) is 15.3. The molecular weight excluding hydrogens is 378 g/mol. The average molecular weight is 391 g/mol. The van der Waals surface area contributed by atoms with Crippen LogP contribution < -0.4 is 0 Å². The van der Waals surface area contributed by atoms with Crippen LogP contribution in [-0.2, 0) is 0 Å². The van der Waals surface area contributed by atoms with Gasteiger partial charge in [-0.2, -0.15) is 10.5 Å². The smallest absolute Gasteiger partial charge is 0.101 e. The van der Waals surface area contributed by atoms with Gasteiger partial charge < -0.3 is 4.40 Å². The van der Waals surface area contributed by atoms with Gasteiger partial charge in [0.15, 0.2) is 0 Å². The van der Waals surface area contributed by atoms with Crippen molar-refractivity contribution < 1.29 is 0 Å². The Balaban J connectivity index is 1.89. The molecule has 0 amide bonds. The summed E-state index contributed by atoms with van der Waals surface area (Å²) in [4.78, 5) is 0. The zero-order valence-electron chi connectivity index (χ0n) is 16.3. The molecule has 0 radical (unpaired) electrons. The highest BCUT2D eigenvalue weighted by Crippen LogP contribution is 2.44. The van der Waals surface area contributed by atoms with Crippen LogP contribution in [0.15, 0.2) is 78.9 Å². The number of rotatable bonds is 0. The van der Waals surface area contributed by atoms with E-state index in [2.05, 4.69) is 52.9 Å². The third-order valence-corrected chi connectivity index (χ3v) is 6.56. The maximum atomic E-state index is 10.1. The number of nitrogens with zero attached hydrogens (tertiary/aromatic N) is 3. The van der Waals surface area contributed by atoms with E-state index in [0.29, 0.717) is 11.1 Å². The largest absolute Gasteiger partial charge is 0.308 e. The lowest BCUT2D eigenvalue weighted by atomic mass is 9.96. The second-order valence-electron chi connectivity index (χ2n) is 7.99. The van der Waals surface area contributed by atoms with Crippen molar-refractivity contribution in [2.75, 3.05) is 0 Å². The standard InChI is InChI=1S/C28H13N3/c29-14-22-18-8-3-1-6-16(18)12-24-26(22)20-10-5-11-21-27-23(15-30)19-9-4-2-7-17(19)13-25(27)31(24)28(20)21/h1-13H. The van der Waals surface area contributed by atoms with E-state index in [1.807, 2.05) is 42.5 Å². The van der Waals surface area contributed by atoms with Crippen LogP contribution in [0, 0.1) is 22.7 Å². The Kier molecular flexibility index (Phi) is 2.88. The molecule has 2 heterocycles. The Hall–Kier alpha value is -4.60. The van der Waals surface area contributed by atoms with Crippen LogP contribution in [0.25, 0.3) is 59.6 Å². The van der Waals surface area contributed by atoms with Crippen molar-refractivity contribution in [1.29, 1.82) is 10.5 Å². The van der Waals surface area contributed by atoms with Crippen molar-refractivity contribution in [3.05, 3.63) is 90.0 Å². The molecule has 0 aliphatic carbocycles. The van der Waals surface area contributed by atoms with Gasteiger partial charge in [-0.1, -0.05) is 66.7 Å². The lowest BCUT2D eigenvalue weighted by Crippen LogP contribution is -1.87. The van der Waals surface area contributed by atoms with Gasteiger partial charge in [-0.15, -0.1) is 0 Å². The zero-order chi connectivity index (χ0) is 20.7. The highest BCUT2D eigenvalue weighted by molar-refractivity contribution is 6.28. The van der Waals surface area contributed by atoms with Crippen molar-refractivity contribution in [3.8, 4) is 12.1 Å². The quantitative estimate of drug-likeness (QED) is 0.283. The summed E-state index contributed by atoms with van der Waals surface area (Å²) in [5.74, 6) is 0. The van der Waals surface area contributed by atoms with E-state index in [9.17, 15) is 10.5 Å². The summed E-state index contributed by atoms with van der Waals surface area (Å²) in [6.45, 7) is 0. The molecule has 0 aliphatic rings. The van der Waals surface area contributed by atoms with Crippen LogP contribution in [0.5, 0.6) is 0 Å². The van der Waals surface area contributed by atoms with E-state index in [1.165, 1.54) is 0 Å². The number of benzene rings is 5. The summed E-state index contributed by atoms with van der Waals surface area (Å²) in [7, 11) is 0. The number of hydrogen-bond acceptors (Lipinski definition) is 2. The fourth-order valence-corrected chi connectivity index (χ4v) is 5.35. The summed E-state index contributed by atoms with van der Waals surface area (Å²) in [5.41, 5.74) is 4.51. The van der Waals surface area contributed by atoms with Crippen molar-refractivity contribution >= 4 is 59.6 Å². The molecule has 0 saturated heterocycles. The average Bonchev–Trinajstić information content (AvgIpc) is 3.32. The topological polar surface area (TPSA) is 52.0 Å². The first-order valence-corrected chi connectivity index (χ1v) is 10.2. The minimum Gasteiger partial charge on any atom is -0.308 e. The van der Waals surface area contributed by atoms with E-state index in [-0.39, 0.29) is 0 Å². The Morgan fingerprint density at radius 2 is 1.00 bits per heavy atom. The van der Waals surface area contributed by atoms with Gasteiger partial charge in [-0.3, -0.25) is 0 Å². The first-order valence-electron chi connectivity index (χ1n) is 10.2. The van der Waals surface area contributed by atoms with Crippen molar-refractivity contribution in [2.45, 2.75) is 0 Å². The minimum absolute atomic E-state index is 0.707. The minimum atomic E-state index is 0.707. The number of nitriles is 2. The second-order valence-corrected chi connectivity index (χ2v) is 7.99. The summed E-state index contributed by atoms with van der Waals surface area (Å²) >= 11 is 0. The van der Waals surface area contributed by atoms with Gasteiger partial charge in [0.05, 0.1) is 27.7 Å². The van der Waals surface area contributed by atoms with Gasteiger partial charge in [0, 0.05) is 32.3 Å². The molecule has 31 heavy (non-hydrogen) atoms. The van der Waals surface area contributed by atoms with Crippen molar-refractivity contribution in [3.63, 3.8) is 0 Å². The van der Waals surface area contributed by atoms with Crippen LogP contribution in [0.4, 0.5) is 0 Å². The van der Waals surface area contributed by atoms with Gasteiger partial charge in [-0.25, -0.2) is 0 Å². The van der Waals surface area contributed by atoms with Gasteiger partial charge in [0.25, 0.3) is 0 Å². The maximum absolute atomic E-state index is 10.1. The molecule has 2 aromatic heterocycles. The van der Waals surface area contributed by atoms with Crippen LogP contribution in [0.2, 0.25) is 0 Å². The normalized spacial score (nSPS) is 11.8. The van der Waals surface area contributed by atoms with Crippen molar-refractivity contribution in [2.24, 2.45) is 0 Å². The molecule has 3 heteroatoms. The van der Waals surface area contributed by atoms with Gasteiger partial charge in [0.1, 0.15) is 12.1 Å². The molecule has 0 aliphatic heterocycles. The molecule has 0 saturated carbocycles. The Morgan fingerprint density at radius 1 is 0.548 bits per heavy atom. The summed E-state index contributed by atoms with van der Waals surface area (Å²) < 4.78 is 2.25. The van der Waals surface area contributed by atoms with Gasteiger partial charge in [-0.05, 0) is 22.9 Å².